The average molecular weight is 236 g/mol. The zero-order valence-electron chi connectivity index (χ0n) is 9.35. The molecule has 3 N–H and O–H groups in total. The van der Waals surface area contributed by atoms with Crippen molar-refractivity contribution >= 4 is 16.9 Å². The molecular weight excluding hydrogens is 223 g/mol. The van der Waals surface area contributed by atoms with Crippen molar-refractivity contribution in [2.24, 2.45) is 12.8 Å². The molecule has 0 amide bonds. The standard InChI is InChI=1S/C12H13FN2O2/c1-15-6-7(4-10(14)12(16)17)9-5-8(13)2-3-11(9)15/h2-3,5-6,10H,4,14H2,1H3,(H,16,17)/t10-/m0/s1. The number of rotatable bonds is 3. The van der Waals surface area contributed by atoms with Crippen LogP contribution in [0.3, 0.4) is 0 Å². The van der Waals surface area contributed by atoms with Crippen LogP contribution in [0, 0.1) is 5.82 Å². The molecule has 0 fully saturated rings. The third-order valence-electron chi connectivity index (χ3n) is 2.79. The average Bonchev–Trinajstić information content (AvgIpc) is 2.55. The Morgan fingerprint density at radius 2 is 2.29 bits per heavy atom. The number of hydrogen-bond acceptors (Lipinski definition) is 2. The molecule has 2 aromatic rings. The van der Waals surface area contributed by atoms with Crippen molar-refractivity contribution in [1.82, 2.24) is 4.57 Å². The maximum atomic E-state index is 13.2. The van der Waals surface area contributed by atoms with Gasteiger partial charge in [-0.3, -0.25) is 4.79 Å². The molecule has 0 radical (unpaired) electrons. The number of halogens is 1. The van der Waals surface area contributed by atoms with Gasteiger partial charge in [0.2, 0.25) is 0 Å². The smallest absolute Gasteiger partial charge is 0.320 e. The van der Waals surface area contributed by atoms with Gasteiger partial charge in [-0.2, -0.15) is 0 Å². The molecule has 0 aliphatic heterocycles. The fourth-order valence-electron chi connectivity index (χ4n) is 1.93. The lowest BCUT2D eigenvalue weighted by molar-refractivity contribution is -0.138. The number of fused-ring (bicyclic) bond motifs is 1. The van der Waals surface area contributed by atoms with Crippen LogP contribution in [0.15, 0.2) is 24.4 Å². The summed E-state index contributed by atoms with van der Waals surface area (Å²) in [4.78, 5) is 10.7. The van der Waals surface area contributed by atoms with E-state index in [0.29, 0.717) is 5.39 Å². The van der Waals surface area contributed by atoms with Crippen molar-refractivity contribution < 1.29 is 14.3 Å². The van der Waals surface area contributed by atoms with Crippen LogP contribution in [0.5, 0.6) is 0 Å². The van der Waals surface area contributed by atoms with E-state index in [4.69, 9.17) is 10.8 Å². The molecule has 1 aromatic heterocycles. The van der Waals surface area contributed by atoms with Crippen LogP contribution >= 0.6 is 0 Å². The van der Waals surface area contributed by atoms with Crippen LogP contribution in [0.25, 0.3) is 10.9 Å². The summed E-state index contributed by atoms with van der Waals surface area (Å²) in [5, 5.41) is 9.48. The lowest BCUT2D eigenvalue weighted by Gasteiger charge is -2.04. The first-order valence-corrected chi connectivity index (χ1v) is 5.21. The van der Waals surface area contributed by atoms with Crippen LogP contribution in [-0.2, 0) is 18.3 Å². The highest BCUT2D eigenvalue weighted by Crippen LogP contribution is 2.22. The number of carbonyl (C=O) groups is 1. The second-order valence-corrected chi connectivity index (χ2v) is 4.08. The van der Waals surface area contributed by atoms with E-state index < -0.39 is 12.0 Å². The van der Waals surface area contributed by atoms with Gasteiger partial charge in [-0.15, -0.1) is 0 Å². The Balaban J connectivity index is 2.47. The fourth-order valence-corrected chi connectivity index (χ4v) is 1.93. The van der Waals surface area contributed by atoms with Gasteiger partial charge < -0.3 is 15.4 Å². The fraction of sp³-hybridized carbons (Fsp3) is 0.250. The molecular formula is C12H13FN2O2. The Morgan fingerprint density at radius 3 is 2.94 bits per heavy atom. The molecule has 1 heterocycles. The minimum absolute atomic E-state index is 0.191. The molecule has 4 nitrogen and oxygen atoms in total. The molecule has 0 spiro atoms. The summed E-state index contributed by atoms with van der Waals surface area (Å²) in [6.45, 7) is 0. The Bertz CT molecular complexity index is 577. The Kier molecular flexibility index (Phi) is 2.85. The largest absolute Gasteiger partial charge is 0.480 e. The van der Waals surface area contributed by atoms with E-state index in [-0.39, 0.29) is 12.2 Å². The minimum Gasteiger partial charge on any atom is -0.480 e. The molecule has 90 valence electrons. The van der Waals surface area contributed by atoms with Gasteiger partial charge in [0.25, 0.3) is 0 Å². The summed E-state index contributed by atoms with van der Waals surface area (Å²) in [7, 11) is 1.83. The number of carboxylic acids is 1. The SMILES string of the molecule is Cn1cc(C[C@H](N)C(=O)O)c2cc(F)ccc21. The van der Waals surface area contributed by atoms with E-state index in [0.717, 1.165) is 11.1 Å². The van der Waals surface area contributed by atoms with Crippen LogP contribution in [0.4, 0.5) is 4.39 Å². The molecule has 0 unspecified atom stereocenters. The topological polar surface area (TPSA) is 68.2 Å². The maximum Gasteiger partial charge on any atom is 0.320 e. The summed E-state index contributed by atoms with van der Waals surface area (Å²) in [6, 6.07) is 3.48. The first kappa shape index (κ1) is 11.6. The Hall–Kier alpha value is -1.88. The second-order valence-electron chi connectivity index (χ2n) is 4.08. The van der Waals surface area contributed by atoms with Gasteiger partial charge in [-0.1, -0.05) is 0 Å². The quantitative estimate of drug-likeness (QED) is 0.843. The van der Waals surface area contributed by atoms with Gasteiger partial charge in [-0.05, 0) is 23.8 Å². The lowest BCUT2D eigenvalue weighted by Crippen LogP contribution is -2.32. The number of nitrogens with zero attached hydrogens (tertiary/aromatic N) is 1. The molecule has 0 aliphatic carbocycles. The zero-order valence-corrected chi connectivity index (χ0v) is 9.35. The van der Waals surface area contributed by atoms with E-state index in [1.807, 2.05) is 11.6 Å². The van der Waals surface area contributed by atoms with Crippen LogP contribution < -0.4 is 5.73 Å². The van der Waals surface area contributed by atoms with E-state index in [9.17, 15) is 9.18 Å². The summed E-state index contributed by atoms with van der Waals surface area (Å²) in [5.41, 5.74) is 7.09. The highest BCUT2D eigenvalue weighted by atomic mass is 19.1. The first-order valence-electron chi connectivity index (χ1n) is 5.21. The van der Waals surface area contributed by atoms with E-state index in [1.54, 1.807) is 12.3 Å². The van der Waals surface area contributed by atoms with Gasteiger partial charge in [-0.25, -0.2) is 4.39 Å². The third kappa shape index (κ3) is 2.14. The molecule has 5 heteroatoms. The normalized spacial score (nSPS) is 12.9. The monoisotopic (exact) mass is 236 g/mol. The minimum atomic E-state index is -1.06. The van der Waals surface area contributed by atoms with Crippen LogP contribution in [0.2, 0.25) is 0 Å². The highest BCUT2D eigenvalue weighted by molar-refractivity contribution is 5.85. The van der Waals surface area contributed by atoms with Crippen molar-refractivity contribution in [3.8, 4) is 0 Å². The van der Waals surface area contributed by atoms with Gasteiger partial charge in [0.05, 0.1) is 0 Å². The van der Waals surface area contributed by atoms with Gasteiger partial charge >= 0.3 is 5.97 Å². The summed E-state index contributed by atoms with van der Waals surface area (Å²) in [6.07, 6.45) is 1.98. The zero-order chi connectivity index (χ0) is 12.6. The Morgan fingerprint density at radius 1 is 1.59 bits per heavy atom. The number of benzene rings is 1. The third-order valence-corrected chi connectivity index (χ3v) is 2.79. The molecule has 0 saturated carbocycles. The summed E-state index contributed by atoms with van der Waals surface area (Å²) >= 11 is 0. The predicted molar refractivity (Wildman–Crippen MR) is 62.2 cm³/mol. The van der Waals surface area contributed by atoms with E-state index >= 15 is 0 Å². The van der Waals surface area contributed by atoms with Crippen molar-refractivity contribution in [3.63, 3.8) is 0 Å². The molecule has 17 heavy (non-hydrogen) atoms. The van der Waals surface area contributed by atoms with Crippen LogP contribution in [-0.4, -0.2) is 21.7 Å². The Labute approximate surface area is 97.5 Å². The van der Waals surface area contributed by atoms with Gasteiger partial charge in [0, 0.05) is 30.6 Å². The maximum absolute atomic E-state index is 13.2. The summed E-state index contributed by atoms with van der Waals surface area (Å²) < 4.78 is 15.0. The number of nitrogens with two attached hydrogens (primary N) is 1. The predicted octanol–water partition coefficient (Wildman–Crippen LogP) is 1.27. The first-order chi connectivity index (χ1) is 7.99. The molecule has 1 aromatic carbocycles. The number of aromatic nitrogens is 1. The van der Waals surface area contributed by atoms with Crippen molar-refractivity contribution in [1.29, 1.82) is 0 Å². The molecule has 1 atom stereocenters. The highest BCUT2D eigenvalue weighted by Gasteiger charge is 2.16. The summed E-state index contributed by atoms with van der Waals surface area (Å²) in [5.74, 6) is -1.40. The lowest BCUT2D eigenvalue weighted by atomic mass is 10.1. The van der Waals surface area contributed by atoms with Gasteiger partial charge in [0.15, 0.2) is 0 Å². The van der Waals surface area contributed by atoms with E-state index in [2.05, 4.69) is 0 Å². The van der Waals surface area contributed by atoms with Gasteiger partial charge in [0.1, 0.15) is 11.9 Å². The number of carboxylic acid groups (broad SMARTS) is 1. The van der Waals surface area contributed by atoms with Crippen LogP contribution in [0.1, 0.15) is 5.56 Å². The van der Waals surface area contributed by atoms with Crippen molar-refractivity contribution in [2.75, 3.05) is 0 Å². The number of hydrogen-bond donors (Lipinski definition) is 2. The van der Waals surface area contributed by atoms with Crippen molar-refractivity contribution in [3.05, 3.63) is 35.8 Å². The molecule has 0 aliphatic rings. The number of aliphatic carboxylic acids is 1. The number of aryl methyl sites for hydroxylation is 1. The van der Waals surface area contributed by atoms with Crippen molar-refractivity contribution in [2.45, 2.75) is 12.5 Å². The second kappa shape index (κ2) is 4.18. The molecule has 2 rings (SSSR count). The van der Waals surface area contributed by atoms with E-state index in [1.165, 1.54) is 12.1 Å². The molecule has 0 bridgehead atoms. The molecule has 0 saturated heterocycles.